The number of hydrogen-bond acceptors (Lipinski definition) is 2. The van der Waals surface area contributed by atoms with Crippen molar-refractivity contribution < 1.29 is 4.74 Å². The third-order valence-corrected chi connectivity index (χ3v) is 5.63. The summed E-state index contributed by atoms with van der Waals surface area (Å²) < 4.78 is 6.54. The quantitative estimate of drug-likeness (QED) is 0.891. The van der Waals surface area contributed by atoms with Gasteiger partial charge in [0.1, 0.15) is 11.9 Å². The van der Waals surface area contributed by atoms with E-state index in [1.54, 1.807) is 0 Å². The predicted octanol–water partition coefficient (Wildman–Crippen LogP) is 4.30. The molecule has 0 amide bonds. The smallest absolute Gasteiger partial charge is 0.125 e. The predicted molar refractivity (Wildman–Crippen MR) is 88.1 cm³/mol. The van der Waals surface area contributed by atoms with Gasteiger partial charge in [-0.15, -0.1) is 0 Å². The van der Waals surface area contributed by atoms with Crippen LogP contribution < -0.4 is 10.1 Å². The van der Waals surface area contributed by atoms with Crippen molar-refractivity contribution >= 4 is 0 Å². The van der Waals surface area contributed by atoms with Gasteiger partial charge in [-0.2, -0.15) is 0 Å². The zero-order valence-corrected chi connectivity index (χ0v) is 14.0. The molecule has 2 nitrogen and oxygen atoms in total. The number of ether oxygens (including phenoxy) is 1. The monoisotopic (exact) mass is 287 g/mol. The van der Waals surface area contributed by atoms with Gasteiger partial charge < -0.3 is 10.1 Å². The lowest BCUT2D eigenvalue weighted by molar-refractivity contribution is -0.0761. The van der Waals surface area contributed by atoms with Crippen molar-refractivity contribution in [3.8, 4) is 5.75 Å². The lowest BCUT2D eigenvalue weighted by Gasteiger charge is -2.54. The zero-order valence-electron chi connectivity index (χ0n) is 14.0. The van der Waals surface area contributed by atoms with Crippen LogP contribution in [-0.4, -0.2) is 18.7 Å². The van der Waals surface area contributed by atoms with E-state index in [1.807, 2.05) is 0 Å². The van der Waals surface area contributed by atoms with Crippen LogP contribution in [-0.2, 0) is 0 Å². The maximum atomic E-state index is 6.54. The van der Waals surface area contributed by atoms with E-state index in [1.165, 1.54) is 48.8 Å². The van der Waals surface area contributed by atoms with Gasteiger partial charge in [0.25, 0.3) is 0 Å². The molecule has 0 aliphatic heterocycles. The maximum Gasteiger partial charge on any atom is 0.125 e. The van der Waals surface area contributed by atoms with Crippen LogP contribution in [0.1, 0.15) is 55.7 Å². The normalized spacial score (nSPS) is 26.9. The highest BCUT2D eigenvalue weighted by Crippen LogP contribution is 2.55. The molecular weight excluding hydrogens is 258 g/mol. The average Bonchev–Trinajstić information content (AvgIpc) is 2.92. The molecule has 2 saturated carbocycles. The first kappa shape index (κ1) is 14.9. The highest BCUT2D eigenvalue weighted by molar-refractivity contribution is 5.43. The molecule has 2 aliphatic carbocycles. The first-order chi connectivity index (χ1) is 10.1. The van der Waals surface area contributed by atoms with Gasteiger partial charge >= 0.3 is 0 Å². The summed E-state index contributed by atoms with van der Waals surface area (Å²) in [5.41, 5.74) is 4.30. The van der Waals surface area contributed by atoms with E-state index in [4.69, 9.17) is 4.74 Å². The summed E-state index contributed by atoms with van der Waals surface area (Å²) in [5, 5.41) is 3.69. The SMILES string of the molecule is CCNC1CC(Oc2c(C)cc(C)cc2C)C12CCCC2. The third-order valence-electron chi connectivity index (χ3n) is 5.63. The minimum atomic E-state index is 0.403. The van der Waals surface area contributed by atoms with Crippen LogP contribution in [0.3, 0.4) is 0 Å². The average molecular weight is 287 g/mol. The van der Waals surface area contributed by atoms with E-state index in [0.29, 0.717) is 17.6 Å². The van der Waals surface area contributed by atoms with Crippen LogP contribution in [0.15, 0.2) is 12.1 Å². The molecule has 2 heteroatoms. The Bertz CT molecular complexity index is 493. The van der Waals surface area contributed by atoms with Crippen LogP contribution in [0.5, 0.6) is 5.75 Å². The molecule has 0 aromatic heterocycles. The Morgan fingerprint density at radius 1 is 1.14 bits per heavy atom. The third kappa shape index (κ3) is 2.48. The Kier molecular flexibility index (Phi) is 4.00. The Labute approximate surface area is 129 Å². The fourth-order valence-corrected chi connectivity index (χ4v) is 4.64. The van der Waals surface area contributed by atoms with Crippen molar-refractivity contribution in [1.82, 2.24) is 5.32 Å². The molecule has 3 rings (SSSR count). The molecule has 0 bridgehead atoms. The van der Waals surface area contributed by atoms with E-state index >= 15 is 0 Å². The minimum Gasteiger partial charge on any atom is -0.489 e. The molecule has 1 aromatic carbocycles. The van der Waals surface area contributed by atoms with Gasteiger partial charge in [-0.3, -0.25) is 0 Å². The number of hydrogen-bond donors (Lipinski definition) is 1. The van der Waals surface area contributed by atoms with Crippen molar-refractivity contribution in [3.05, 3.63) is 28.8 Å². The molecule has 2 aliphatic rings. The van der Waals surface area contributed by atoms with Crippen molar-refractivity contribution in [1.29, 1.82) is 0 Å². The second kappa shape index (κ2) is 5.64. The van der Waals surface area contributed by atoms with Gasteiger partial charge in [-0.1, -0.05) is 37.5 Å². The fourth-order valence-electron chi connectivity index (χ4n) is 4.64. The molecule has 2 unspecified atom stereocenters. The largest absolute Gasteiger partial charge is 0.489 e. The van der Waals surface area contributed by atoms with Gasteiger partial charge in [-0.25, -0.2) is 0 Å². The molecule has 0 radical (unpaired) electrons. The highest BCUT2D eigenvalue weighted by Gasteiger charge is 2.57. The Hall–Kier alpha value is -1.02. The summed E-state index contributed by atoms with van der Waals surface area (Å²) in [6, 6.07) is 5.15. The van der Waals surface area contributed by atoms with Crippen LogP contribution in [0, 0.1) is 26.2 Å². The van der Waals surface area contributed by atoms with Crippen molar-refractivity contribution in [2.24, 2.45) is 5.41 Å². The van der Waals surface area contributed by atoms with Crippen LogP contribution in [0.2, 0.25) is 0 Å². The van der Waals surface area contributed by atoms with Gasteiger partial charge in [0.2, 0.25) is 0 Å². The van der Waals surface area contributed by atoms with Gasteiger partial charge in [0.05, 0.1) is 0 Å². The lowest BCUT2D eigenvalue weighted by atomic mass is 9.60. The van der Waals surface area contributed by atoms with Gasteiger partial charge in [0.15, 0.2) is 0 Å². The van der Waals surface area contributed by atoms with Crippen molar-refractivity contribution in [2.45, 2.75) is 71.9 Å². The molecular formula is C19H29NO. The van der Waals surface area contributed by atoms with Crippen LogP contribution in [0.25, 0.3) is 0 Å². The van der Waals surface area contributed by atoms with E-state index in [-0.39, 0.29) is 0 Å². The highest BCUT2D eigenvalue weighted by atomic mass is 16.5. The maximum absolute atomic E-state index is 6.54. The summed E-state index contributed by atoms with van der Waals surface area (Å²) in [7, 11) is 0. The Morgan fingerprint density at radius 2 is 1.76 bits per heavy atom. The lowest BCUT2D eigenvalue weighted by Crippen LogP contribution is -2.63. The standard InChI is InChI=1S/C19H29NO/c1-5-20-16-12-17(19(16)8-6-7-9-19)21-18-14(3)10-13(2)11-15(18)4/h10-11,16-17,20H,5-9,12H2,1-4H3. The molecule has 2 atom stereocenters. The Morgan fingerprint density at radius 3 is 2.33 bits per heavy atom. The summed E-state index contributed by atoms with van der Waals surface area (Å²) in [6.45, 7) is 9.80. The van der Waals surface area contributed by atoms with E-state index in [9.17, 15) is 0 Å². The molecule has 116 valence electrons. The van der Waals surface area contributed by atoms with Gasteiger partial charge in [-0.05, 0) is 51.3 Å². The van der Waals surface area contributed by atoms with Crippen LogP contribution in [0.4, 0.5) is 0 Å². The summed E-state index contributed by atoms with van der Waals surface area (Å²) >= 11 is 0. The van der Waals surface area contributed by atoms with Crippen LogP contribution >= 0.6 is 0 Å². The zero-order chi connectivity index (χ0) is 15.0. The van der Waals surface area contributed by atoms with E-state index in [0.717, 1.165) is 12.3 Å². The molecule has 1 N–H and O–H groups in total. The molecule has 0 saturated heterocycles. The second-order valence-electron chi connectivity index (χ2n) is 7.12. The van der Waals surface area contributed by atoms with E-state index < -0.39 is 0 Å². The number of aryl methyl sites for hydroxylation is 3. The molecule has 21 heavy (non-hydrogen) atoms. The number of benzene rings is 1. The van der Waals surface area contributed by atoms with E-state index in [2.05, 4.69) is 45.1 Å². The summed E-state index contributed by atoms with van der Waals surface area (Å²) in [5.74, 6) is 1.13. The molecule has 1 spiro atoms. The molecule has 1 aromatic rings. The summed E-state index contributed by atoms with van der Waals surface area (Å²) in [6.07, 6.45) is 6.98. The topological polar surface area (TPSA) is 21.3 Å². The summed E-state index contributed by atoms with van der Waals surface area (Å²) in [4.78, 5) is 0. The van der Waals surface area contributed by atoms with Crippen molar-refractivity contribution in [3.63, 3.8) is 0 Å². The first-order valence-corrected chi connectivity index (χ1v) is 8.54. The van der Waals surface area contributed by atoms with Gasteiger partial charge in [0, 0.05) is 17.9 Å². The molecule has 0 heterocycles. The Balaban J connectivity index is 1.80. The minimum absolute atomic E-state index is 0.403. The second-order valence-corrected chi connectivity index (χ2v) is 7.12. The number of rotatable bonds is 4. The van der Waals surface area contributed by atoms with Crippen molar-refractivity contribution in [2.75, 3.05) is 6.54 Å². The first-order valence-electron chi connectivity index (χ1n) is 8.54. The molecule has 2 fully saturated rings. The number of nitrogens with one attached hydrogen (secondary N) is 1. The fraction of sp³-hybridized carbons (Fsp3) is 0.684.